The van der Waals surface area contributed by atoms with Gasteiger partial charge in [-0.15, -0.1) is 0 Å². The first-order valence-corrected chi connectivity index (χ1v) is 7.24. The Hall–Kier alpha value is -2.91. The van der Waals surface area contributed by atoms with E-state index in [0.717, 1.165) is 17.8 Å². The molecule has 25 heavy (non-hydrogen) atoms. The van der Waals surface area contributed by atoms with Crippen LogP contribution in [0, 0.1) is 12.7 Å². The molecule has 0 amide bonds. The Morgan fingerprint density at radius 3 is 2.68 bits per heavy atom. The summed E-state index contributed by atoms with van der Waals surface area (Å²) < 4.78 is 54.2. The van der Waals surface area contributed by atoms with Gasteiger partial charge in [-0.05, 0) is 25.5 Å². The summed E-state index contributed by atoms with van der Waals surface area (Å²) in [6, 6.07) is 2.09. The monoisotopic (exact) mass is 355 g/mol. The number of nitrogens with one attached hydrogen (secondary N) is 2. The van der Waals surface area contributed by atoms with Crippen LogP contribution in [0.1, 0.15) is 12.5 Å². The molecule has 0 saturated carbocycles. The van der Waals surface area contributed by atoms with Gasteiger partial charge in [-0.1, -0.05) is 12.1 Å². The van der Waals surface area contributed by atoms with E-state index in [9.17, 15) is 22.4 Å². The molecule has 2 heterocycles. The zero-order valence-electron chi connectivity index (χ0n) is 13.1. The third-order valence-corrected chi connectivity index (χ3v) is 3.69. The molecule has 2 N–H and O–H groups in total. The smallest absolute Gasteiger partial charge is 0.358 e. The second-order valence-corrected chi connectivity index (χ2v) is 5.56. The minimum Gasteiger partial charge on any atom is -0.358 e. The van der Waals surface area contributed by atoms with Gasteiger partial charge in [0.15, 0.2) is 0 Å². The van der Waals surface area contributed by atoms with Gasteiger partial charge in [0.2, 0.25) is 5.78 Å². The number of nitrogens with zero attached hydrogens (tertiary/aromatic N) is 3. The number of rotatable bonds is 3. The first-order chi connectivity index (χ1) is 11.7. The van der Waals surface area contributed by atoms with E-state index in [0.29, 0.717) is 5.56 Å². The van der Waals surface area contributed by atoms with Crippen LogP contribution in [0.3, 0.4) is 0 Å². The third kappa shape index (κ3) is 3.06. The molecule has 0 spiro atoms. The molecule has 0 radical (unpaired) electrons. The zero-order chi connectivity index (χ0) is 18.4. The number of aromatic amines is 1. The topological polar surface area (TPSA) is 75.1 Å². The summed E-state index contributed by atoms with van der Waals surface area (Å²) in [5, 5.41) is 6.02. The fourth-order valence-electron chi connectivity index (χ4n) is 2.36. The SMILES string of the molecule is Cc1ccc(-c2c(NC(C)C(F)(F)F)n3ncnc3[nH]c2=O)c(F)c1. The Kier molecular flexibility index (Phi) is 3.97. The number of hydrogen-bond donors (Lipinski definition) is 2. The predicted octanol–water partition coefficient (Wildman–Crippen LogP) is 2.89. The minimum absolute atomic E-state index is 0.0573. The molecule has 132 valence electrons. The molecule has 3 rings (SSSR count). The summed E-state index contributed by atoms with van der Waals surface area (Å²) in [4.78, 5) is 18.5. The van der Waals surface area contributed by atoms with Gasteiger partial charge < -0.3 is 5.32 Å². The molecule has 0 saturated heterocycles. The third-order valence-electron chi connectivity index (χ3n) is 3.69. The summed E-state index contributed by atoms with van der Waals surface area (Å²) in [6.07, 6.45) is -3.50. The Bertz CT molecular complexity index is 992. The largest absolute Gasteiger partial charge is 0.408 e. The standard InChI is InChI=1S/C15H13F4N5O/c1-7-3-4-9(10(16)5-7)11-12(22-8(2)15(17,18)19)24-14(20-6-21-24)23-13(11)25/h3-6,8,22H,1-2H3,(H,20,21,23,25). The highest BCUT2D eigenvalue weighted by Gasteiger charge is 2.37. The Morgan fingerprint density at radius 1 is 1.32 bits per heavy atom. The highest BCUT2D eigenvalue weighted by atomic mass is 19.4. The van der Waals surface area contributed by atoms with Crippen LogP contribution in [0.5, 0.6) is 0 Å². The average Bonchev–Trinajstić information content (AvgIpc) is 2.95. The van der Waals surface area contributed by atoms with Crippen molar-refractivity contribution in [2.24, 2.45) is 0 Å². The van der Waals surface area contributed by atoms with Gasteiger partial charge >= 0.3 is 6.18 Å². The van der Waals surface area contributed by atoms with Crippen LogP contribution in [-0.2, 0) is 0 Å². The maximum Gasteiger partial charge on any atom is 0.408 e. The van der Waals surface area contributed by atoms with Crippen molar-refractivity contribution in [2.45, 2.75) is 26.1 Å². The van der Waals surface area contributed by atoms with E-state index in [1.165, 1.54) is 12.1 Å². The lowest BCUT2D eigenvalue weighted by molar-refractivity contribution is -0.138. The first-order valence-electron chi connectivity index (χ1n) is 7.24. The lowest BCUT2D eigenvalue weighted by Gasteiger charge is -2.20. The van der Waals surface area contributed by atoms with Crippen molar-refractivity contribution in [3.63, 3.8) is 0 Å². The fourth-order valence-corrected chi connectivity index (χ4v) is 2.36. The van der Waals surface area contributed by atoms with E-state index < -0.39 is 23.6 Å². The van der Waals surface area contributed by atoms with Crippen molar-refractivity contribution in [1.29, 1.82) is 0 Å². The second kappa shape index (κ2) is 5.87. The summed E-state index contributed by atoms with van der Waals surface area (Å²) in [6.45, 7) is 2.54. The molecule has 0 aliphatic carbocycles. The minimum atomic E-state index is -4.57. The van der Waals surface area contributed by atoms with E-state index in [2.05, 4.69) is 20.4 Å². The number of H-pyrrole nitrogens is 1. The molecular weight excluding hydrogens is 342 g/mol. The Morgan fingerprint density at radius 2 is 2.04 bits per heavy atom. The van der Waals surface area contributed by atoms with Crippen LogP contribution in [0.2, 0.25) is 0 Å². The molecule has 0 aliphatic heterocycles. The average molecular weight is 355 g/mol. The van der Waals surface area contributed by atoms with Gasteiger partial charge in [0.05, 0.1) is 5.56 Å². The molecule has 10 heteroatoms. The van der Waals surface area contributed by atoms with Crippen molar-refractivity contribution < 1.29 is 17.6 Å². The lowest BCUT2D eigenvalue weighted by Crippen LogP contribution is -2.35. The van der Waals surface area contributed by atoms with Crippen LogP contribution in [0.4, 0.5) is 23.4 Å². The van der Waals surface area contributed by atoms with Gasteiger partial charge in [-0.2, -0.15) is 27.8 Å². The molecule has 1 unspecified atom stereocenters. The quantitative estimate of drug-likeness (QED) is 0.709. The maximum atomic E-state index is 14.3. The van der Waals surface area contributed by atoms with Gasteiger partial charge in [0.1, 0.15) is 24.0 Å². The van der Waals surface area contributed by atoms with Crippen LogP contribution in [0.15, 0.2) is 29.3 Å². The molecule has 0 fully saturated rings. The van der Waals surface area contributed by atoms with E-state index in [4.69, 9.17) is 0 Å². The zero-order valence-corrected chi connectivity index (χ0v) is 13.1. The summed E-state index contributed by atoms with van der Waals surface area (Å²) in [5.74, 6) is -1.07. The number of alkyl halides is 3. The van der Waals surface area contributed by atoms with Crippen molar-refractivity contribution in [3.8, 4) is 11.1 Å². The number of halogens is 4. The van der Waals surface area contributed by atoms with Gasteiger partial charge in [0.25, 0.3) is 5.56 Å². The van der Waals surface area contributed by atoms with Crippen molar-refractivity contribution in [3.05, 3.63) is 46.3 Å². The van der Waals surface area contributed by atoms with E-state index in [1.807, 2.05) is 0 Å². The highest BCUT2D eigenvalue weighted by Crippen LogP contribution is 2.30. The molecule has 0 aliphatic rings. The molecule has 1 atom stereocenters. The molecule has 2 aromatic heterocycles. The lowest BCUT2D eigenvalue weighted by atomic mass is 10.0. The number of fused-ring (bicyclic) bond motifs is 1. The number of hydrogen-bond acceptors (Lipinski definition) is 4. The number of benzene rings is 1. The summed E-state index contributed by atoms with van der Waals surface area (Å²) in [7, 11) is 0. The predicted molar refractivity (Wildman–Crippen MR) is 82.9 cm³/mol. The van der Waals surface area contributed by atoms with Crippen LogP contribution >= 0.6 is 0 Å². The van der Waals surface area contributed by atoms with Gasteiger partial charge in [-0.25, -0.2) is 4.39 Å². The van der Waals surface area contributed by atoms with Crippen LogP contribution < -0.4 is 10.9 Å². The van der Waals surface area contributed by atoms with E-state index >= 15 is 0 Å². The number of aryl methyl sites for hydroxylation is 1. The number of anilines is 1. The van der Waals surface area contributed by atoms with Crippen LogP contribution in [0.25, 0.3) is 16.9 Å². The fraction of sp³-hybridized carbons (Fsp3) is 0.267. The molecular formula is C15H13F4N5O. The van der Waals surface area contributed by atoms with E-state index in [1.54, 1.807) is 13.0 Å². The van der Waals surface area contributed by atoms with Gasteiger partial charge in [-0.3, -0.25) is 9.78 Å². The highest BCUT2D eigenvalue weighted by molar-refractivity contribution is 5.76. The van der Waals surface area contributed by atoms with Crippen molar-refractivity contribution in [2.75, 3.05) is 5.32 Å². The Labute approximate surface area is 138 Å². The number of aromatic nitrogens is 4. The van der Waals surface area contributed by atoms with Crippen molar-refractivity contribution >= 4 is 11.6 Å². The maximum absolute atomic E-state index is 14.3. The summed E-state index contributed by atoms with van der Waals surface area (Å²) >= 11 is 0. The van der Waals surface area contributed by atoms with E-state index in [-0.39, 0.29) is 22.7 Å². The normalized spacial score (nSPS) is 13.2. The molecule has 0 bridgehead atoms. The molecule has 3 aromatic rings. The van der Waals surface area contributed by atoms with Crippen LogP contribution in [-0.4, -0.2) is 31.8 Å². The van der Waals surface area contributed by atoms with Gasteiger partial charge in [0, 0.05) is 5.56 Å². The molecule has 6 nitrogen and oxygen atoms in total. The Balaban J connectivity index is 2.28. The second-order valence-electron chi connectivity index (χ2n) is 5.56. The molecule has 1 aromatic carbocycles. The van der Waals surface area contributed by atoms with Crippen molar-refractivity contribution in [1.82, 2.24) is 19.6 Å². The first kappa shape index (κ1) is 16.9. The summed E-state index contributed by atoms with van der Waals surface area (Å²) in [5.41, 5.74) is -0.592.